The van der Waals surface area contributed by atoms with Gasteiger partial charge in [-0.3, -0.25) is 4.98 Å². The molecule has 0 aromatic carbocycles. The summed E-state index contributed by atoms with van der Waals surface area (Å²) >= 11 is 0. The lowest BCUT2D eigenvalue weighted by molar-refractivity contribution is 0.0469. The molecule has 2 rings (SSSR count). The van der Waals surface area contributed by atoms with Crippen LogP contribution in [0.25, 0.3) is 6.08 Å². The summed E-state index contributed by atoms with van der Waals surface area (Å²) in [6.45, 7) is 0. The molecule has 0 saturated heterocycles. The van der Waals surface area contributed by atoms with E-state index in [0.29, 0.717) is 0 Å². The van der Waals surface area contributed by atoms with Gasteiger partial charge in [-0.2, -0.15) is 0 Å². The van der Waals surface area contributed by atoms with Crippen LogP contribution < -0.4 is 0 Å². The van der Waals surface area contributed by atoms with Crippen LogP contribution >= 0.6 is 0 Å². The van der Waals surface area contributed by atoms with Crippen LogP contribution in [0, 0.1) is 0 Å². The molecule has 0 bridgehead atoms. The Morgan fingerprint density at radius 2 is 2.17 bits per heavy atom. The molecular formula is C9H9NO2. The van der Waals surface area contributed by atoms with E-state index in [2.05, 4.69) is 4.98 Å². The summed E-state index contributed by atoms with van der Waals surface area (Å²) < 4.78 is 0. The van der Waals surface area contributed by atoms with E-state index in [1.165, 1.54) is 0 Å². The highest BCUT2D eigenvalue weighted by Gasteiger charge is 2.21. The van der Waals surface area contributed by atoms with Gasteiger partial charge in [0, 0.05) is 12.4 Å². The lowest BCUT2D eigenvalue weighted by Crippen LogP contribution is -2.19. The molecule has 0 aliphatic heterocycles. The predicted molar refractivity (Wildman–Crippen MR) is 44.2 cm³/mol. The van der Waals surface area contributed by atoms with Gasteiger partial charge in [0.25, 0.3) is 0 Å². The molecule has 0 spiro atoms. The van der Waals surface area contributed by atoms with Crippen LogP contribution in [0.4, 0.5) is 0 Å². The van der Waals surface area contributed by atoms with Crippen LogP contribution in [0.1, 0.15) is 17.2 Å². The Labute approximate surface area is 70.0 Å². The fraction of sp³-hybridized carbons (Fsp3) is 0.222. The maximum Gasteiger partial charge on any atom is 0.109 e. The molecule has 2 N–H and O–H groups in total. The standard InChI is InChI=1S/C9H9NO2/c11-8-2-1-6-5-10-4-3-7(6)9(8)12/h1-5,8-9,11-12H/t8-,9-/m1/s1. The number of aromatic nitrogens is 1. The first-order valence-corrected chi connectivity index (χ1v) is 3.77. The van der Waals surface area contributed by atoms with E-state index < -0.39 is 12.2 Å². The number of hydrogen-bond donors (Lipinski definition) is 2. The number of hydrogen-bond acceptors (Lipinski definition) is 3. The summed E-state index contributed by atoms with van der Waals surface area (Å²) in [5.74, 6) is 0. The molecule has 12 heavy (non-hydrogen) atoms. The van der Waals surface area contributed by atoms with Crippen LogP contribution in [0.2, 0.25) is 0 Å². The molecule has 0 unspecified atom stereocenters. The first-order chi connectivity index (χ1) is 5.79. The topological polar surface area (TPSA) is 53.4 Å². The highest BCUT2D eigenvalue weighted by molar-refractivity contribution is 5.56. The molecule has 0 fully saturated rings. The van der Waals surface area contributed by atoms with Crippen molar-refractivity contribution >= 4 is 6.08 Å². The van der Waals surface area contributed by atoms with E-state index in [-0.39, 0.29) is 0 Å². The minimum atomic E-state index is -0.812. The second-order valence-electron chi connectivity index (χ2n) is 2.80. The van der Waals surface area contributed by atoms with Gasteiger partial charge in [0.2, 0.25) is 0 Å². The monoisotopic (exact) mass is 163 g/mol. The molecule has 0 saturated carbocycles. The number of nitrogens with zero attached hydrogens (tertiary/aromatic N) is 1. The fourth-order valence-electron chi connectivity index (χ4n) is 1.32. The molecule has 0 amide bonds. The van der Waals surface area contributed by atoms with E-state index in [9.17, 15) is 10.2 Å². The van der Waals surface area contributed by atoms with Crippen molar-refractivity contribution in [1.29, 1.82) is 0 Å². The van der Waals surface area contributed by atoms with Gasteiger partial charge in [-0.15, -0.1) is 0 Å². The summed E-state index contributed by atoms with van der Waals surface area (Å²) in [6.07, 6.45) is 5.00. The Morgan fingerprint density at radius 1 is 1.33 bits per heavy atom. The Hall–Kier alpha value is -1.19. The van der Waals surface area contributed by atoms with Crippen molar-refractivity contribution in [3.8, 4) is 0 Å². The van der Waals surface area contributed by atoms with Crippen molar-refractivity contribution < 1.29 is 10.2 Å². The Kier molecular flexibility index (Phi) is 1.67. The zero-order valence-corrected chi connectivity index (χ0v) is 6.38. The molecule has 1 aromatic heterocycles. The second kappa shape index (κ2) is 2.69. The number of aliphatic hydroxyl groups is 2. The Morgan fingerprint density at radius 3 is 3.00 bits per heavy atom. The highest BCUT2D eigenvalue weighted by atomic mass is 16.3. The van der Waals surface area contributed by atoms with Crippen LogP contribution in [-0.2, 0) is 0 Å². The van der Waals surface area contributed by atoms with Gasteiger partial charge in [0.1, 0.15) is 12.2 Å². The first-order valence-electron chi connectivity index (χ1n) is 3.77. The van der Waals surface area contributed by atoms with E-state index in [1.807, 2.05) is 0 Å². The largest absolute Gasteiger partial charge is 0.386 e. The van der Waals surface area contributed by atoms with Gasteiger partial charge < -0.3 is 10.2 Å². The smallest absolute Gasteiger partial charge is 0.109 e. The quantitative estimate of drug-likeness (QED) is 0.585. The van der Waals surface area contributed by atoms with Gasteiger partial charge in [-0.25, -0.2) is 0 Å². The van der Waals surface area contributed by atoms with E-state index >= 15 is 0 Å². The van der Waals surface area contributed by atoms with Gasteiger partial charge in [-0.05, 0) is 17.2 Å². The fourth-order valence-corrected chi connectivity index (χ4v) is 1.32. The Bertz CT molecular complexity index is 322. The number of rotatable bonds is 0. The molecule has 3 nitrogen and oxygen atoms in total. The van der Waals surface area contributed by atoms with Crippen molar-refractivity contribution in [2.75, 3.05) is 0 Å². The number of pyridine rings is 1. The maximum atomic E-state index is 9.50. The molecule has 1 aliphatic rings. The van der Waals surface area contributed by atoms with E-state index in [4.69, 9.17) is 0 Å². The summed E-state index contributed by atoms with van der Waals surface area (Å²) in [5.41, 5.74) is 1.61. The van der Waals surface area contributed by atoms with Crippen LogP contribution in [-0.4, -0.2) is 21.3 Å². The summed E-state index contributed by atoms with van der Waals surface area (Å²) in [4.78, 5) is 3.91. The van der Waals surface area contributed by atoms with Crippen molar-refractivity contribution in [2.24, 2.45) is 0 Å². The zero-order chi connectivity index (χ0) is 8.55. The predicted octanol–water partition coefficient (Wildman–Crippen LogP) is 0.503. The molecule has 62 valence electrons. The molecule has 0 radical (unpaired) electrons. The third kappa shape index (κ3) is 1.03. The van der Waals surface area contributed by atoms with Crippen molar-refractivity contribution in [3.05, 3.63) is 35.7 Å². The lowest BCUT2D eigenvalue weighted by atomic mass is 9.95. The lowest BCUT2D eigenvalue weighted by Gasteiger charge is -2.20. The molecular weight excluding hydrogens is 154 g/mol. The Balaban J connectivity index is 2.52. The van der Waals surface area contributed by atoms with Crippen molar-refractivity contribution in [1.82, 2.24) is 4.98 Å². The third-order valence-corrected chi connectivity index (χ3v) is 2.00. The SMILES string of the molecule is O[C@@H]1C=Cc2cnccc2[C@H]1O. The first kappa shape index (κ1) is 7.46. The summed E-state index contributed by atoms with van der Waals surface area (Å²) in [6, 6.07) is 1.72. The minimum absolute atomic E-state index is 0.736. The minimum Gasteiger partial charge on any atom is -0.386 e. The van der Waals surface area contributed by atoms with Gasteiger partial charge in [0.05, 0.1) is 0 Å². The molecule has 1 aromatic rings. The second-order valence-corrected chi connectivity index (χ2v) is 2.80. The van der Waals surface area contributed by atoms with Gasteiger partial charge >= 0.3 is 0 Å². The molecule has 3 heteroatoms. The van der Waals surface area contributed by atoms with Crippen molar-refractivity contribution in [2.45, 2.75) is 12.2 Å². The number of fused-ring (bicyclic) bond motifs is 1. The average molecular weight is 163 g/mol. The summed E-state index contributed by atoms with van der Waals surface area (Å²) in [5, 5.41) is 18.8. The van der Waals surface area contributed by atoms with Gasteiger partial charge in [-0.1, -0.05) is 12.2 Å². The van der Waals surface area contributed by atoms with E-state index in [1.54, 1.807) is 30.6 Å². The maximum absolute atomic E-state index is 9.50. The van der Waals surface area contributed by atoms with Gasteiger partial charge in [0.15, 0.2) is 0 Å². The average Bonchev–Trinajstić information content (AvgIpc) is 2.12. The third-order valence-electron chi connectivity index (χ3n) is 2.00. The number of aliphatic hydroxyl groups excluding tert-OH is 2. The molecule has 2 atom stereocenters. The highest BCUT2D eigenvalue weighted by Crippen LogP contribution is 2.26. The molecule has 1 heterocycles. The van der Waals surface area contributed by atoms with Crippen LogP contribution in [0.5, 0.6) is 0 Å². The summed E-state index contributed by atoms with van der Waals surface area (Å²) in [7, 11) is 0. The molecule has 1 aliphatic carbocycles. The van der Waals surface area contributed by atoms with E-state index in [0.717, 1.165) is 11.1 Å². The van der Waals surface area contributed by atoms with Crippen LogP contribution in [0.3, 0.4) is 0 Å². The normalized spacial score (nSPS) is 26.8. The zero-order valence-electron chi connectivity index (χ0n) is 6.38. The van der Waals surface area contributed by atoms with Crippen LogP contribution in [0.15, 0.2) is 24.5 Å². The van der Waals surface area contributed by atoms with Crippen molar-refractivity contribution in [3.63, 3.8) is 0 Å².